The average molecular weight is 312 g/mol. The summed E-state index contributed by atoms with van der Waals surface area (Å²) in [6, 6.07) is -1.74. The molecule has 1 atom stereocenters. The van der Waals surface area contributed by atoms with Crippen LogP contribution in [-0.2, 0) is 9.53 Å². The van der Waals surface area contributed by atoms with E-state index in [4.69, 9.17) is 4.74 Å². The summed E-state index contributed by atoms with van der Waals surface area (Å²) in [7, 11) is 0. The topological polar surface area (TPSA) is 49.9 Å². The number of carbonyl (C=O) groups is 2. The molecule has 1 amide bonds. The van der Waals surface area contributed by atoms with Gasteiger partial charge in [0.05, 0.1) is 6.54 Å². The van der Waals surface area contributed by atoms with Crippen molar-refractivity contribution in [3.05, 3.63) is 24.0 Å². The fraction of sp³-hybridized carbons (Fsp3) is 0.625. The molecule has 1 rings (SSSR count). The minimum absolute atomic E-state index is 0.0103. The van der Waals surface area contributed by atoms with Crippen LogP contribution in [0.5, 0.6) is 0 Å². The average Bonchev–Trinajstić information content (AvgIpc) is 2.34. The van der Waals surface area contributed by atoms with Crippen molar-refractivity contribution in [2.24, 2.45) is 0 Å². The van der Waals surface area contributed by atoms with E-state index in [0.29, 0.717) is 18.7 Å². The van der Waals surface area contributed by atoms with Crippen molar-refractivity contribution in [1.29, 1.82) is 0 Å². The van der Waals surface area contributed by atoms with Gasteiger partial charge in [0.25, 0.3) is 0 Å². The van der Waals surface area contributed by atoms with Crippen molar-refractivity contribution in [3.63, 3.8) is 0 Å². The fourth-order valence-corrected chi connectivity index (χ4v) is 2.41. The first-order valence-electron chi connectivity index (χ1n) is 7.41. The summed E-state index contributed by atoms with van der Waals surface area (Å²) < 4.78 is 18.6. The molecule has 0 bridgehead atoms. The van der Waals surface area contributed by atoms with Gasteiger partial charge in [-0.15, -0.1) is 0 Å². The normalized spacial score (nSPS) is 20.2. The van der Waals surface area contributed by atoms with Gasteiger partial charge in [-0.3, -0.25) is 4.79 Å². The number of piperazine rings is 1. The van der Waals surface area contributed by atoms with Crippen LogP contribution in [0, 0.1) is 0 Å². The number of amides is 1. The molecule has 0 aromatic rings. The van der Waals surface area contributed by atoms with Crippen LogP contribution in [0.3, 0.4) is 0 Å². The highest BCUT2D eigenvalue weighted by Crippen LogP contribution is 2.25. The van der Waals surface area contributed by atoms with E-state index in [0.717, 1.165) is 0 Å². The van der Waals surface area contributed by atoms with E-state index >= 15 is 0 Å². The van der Waals surface area contributed by atoms with Crippen LogP contribution < -0.4 is 0 Å². The molecule has 124 valence electrons. The van der Waals surface area contributed by atoms with Gasteiger partial charge in [0.1, 0.15) is 11.3 Å². The third-order valence-electron chi connectivity index (χ3n) is 3.15. The Morgan fingerprint density at radius 2 is 2.05 bits per heavy atom. The lowest BCUT2D eigenvalue weighted by atomic mass is 10.1. The molecule has 1 aliphatic rings. The summed E-state index contributed by atoms with van der Waals surface area (Å²) in [5, 5.41) is 0. The van der Waals surface area contributed by atoms with Crippen molar-refractivity contribution in [1.82, 2.24) is 9.80 Å². The third-order valence-corrected chi connectivity index (χ3v) is 3.15. The van der Waals surface area contributed by atoms with Crippen LogP contribution in [0.25, 0.3) is 0 Å². The number of ether oxygens (including phenoxy) is 1. The highest BCUT2D eigenvalue weighted by atomic mass is 19.1. The van der Waals surface area contributed by atoms with Crippen molar-refractivity contribution in [3.8, 4) is 0 Å². The van der Waals surface area contributed by atoms with Crippen LogP contribution >= 0.6 is 0 Å². The first-order valence-corrected chi connectivity index (χ1v) is 7.41. The van der Waals surface area contributed by atoms with Crippen molar-refractivity contribution in [2.75, 3.05) is 13.1 Å². The Hall–Kier alpha value is -1.85. The predicted octanol–water partition coefficient (Wildman–Crippen LogP) is 3.23. The number of hydrogen-bond acceptors (Lipinski definition) is 4. The first-order chi connectivity index (χ1) is 10.1. The van der Waals surface area contributed by atoms with Crippen molar-refractivity contribution < 1.29 is 18.7 Å². The molecule has 0 aliphatic carbocycles. The van der Waals surface area contributed by atoms with E-state index in [-0.39, 0.29) is 18.3 Å². The van der Waals surface area contributed by atoms with Gasteiger partial charge in [-0.2, -0.15) is 4.39 Å². The summed E-state index contributed by atoms with van der Waals surface area (Å²) in [6.07, 6.45) is 1.64. The Balaban J connectivity index is 2.89. The number of hydrogen-bond donors (Lipinski definition) is 0. The molecule has 1 heterocycles. The van der Waals surface area contributed by atoms with Gasteiger partial charge in [-0.1, -0.05) is 19.6 Å². The molecule has 0 N–H and O–H groups in total. The van der Waals surface area contributed by atoms with Crippen LogP contribution in [0.15, 0.2) is 24.0 Å². The first kappa shape index (κ1) is 18.2. The Morgan fingerprint density at radius 3 is 2.45 bits per heavy atom. The highest BCUT2D eigenvalue weighted by Gasteiger charge is 2.34. The lowest BCUT2D eigenvalue weighted by Gasteiger charge is -2.42. The highest BCUT2D eigenvalue weighted by molar-refractivity contribution is 5.87. The number of rotatable bonds is 3. The molecule has 5 nitrogen and oxygen atoms in total. The summed E-state index contributed by atoms with van der Waals surface area (Å²) in [5.74, 6) is 0. The number of nitrogens with zero attached hydrogens (tertiary/aromatic N) is 2. The van der Waals surface area contributed by atoms with E-state index in [1.54, 1.807) is 25.7 Å². The summed E-state index contributed by atoms with van der Waals surface area (Å²) >= 11 is 0. The fourth-order valence-electron chi connectivity index (χ4n) is 2.41. The molecule has 0 radical (unpaired) electrons. The van der Waals surface area contributed by atoms with E-state index in [1.165, 1.54) is 11.0 Å². The Labute approximate surface area is 131 Å². The molecule has 1 aliphatic heterocycles. The largest absolute Gasteiger partial charge is 0.444 e. The van der Waals surface area contributed by atoms with Gasteiger partial charge in [0.15, 0.2) is 0 Å². The molecule has 0 saturated carbocycles. The van der Waals surface area contributed by atoms with Crippen LogP contribution in [-0.4, -0.2) is 46.7 Å². The summed E-state index contributed by atoms with van der Waals surface area (Å²) in [6.45, 7) is 13.4. The van der Waals surface area contributed by atoms with Crippen molar-refractivity contribution in [2.45, 2.75) is 52.7 Å². The molecule has 22 heavy (non-hydrogen) atoms. The molecule has 0 aromatic heterocycles. The minimum atomic E-state index is -1.49. The lowest BCUT2D eigenvalue weighted by molar-refractivity contribution is -0.127. The zero-order chi connectivity index (χ0) is 17.1. The van der Waals surface area contributed by atoms with E-state index in [1.807, 2.05) is 13.8 Å². The maximum Gasteiger partial charge on any atom is 0.410 e. The maximum absolute atomic E-state index is 13.3. The molecule has 0 aromatic carbocycles. The third kappa shape index (κ3) is 4.58. The van der Waals surface area contributed by atoms with Gasteiger partial charge in [-0.05, 0) is 34.1 Å². The molecule has 6 heteroatoms. The van der Waals surface area contributed by atoms with Crippen molar-refractivity contribution >= 4 is 12.1 Å². The molecular weight excluding hydrogens is 287 g/mol. The second-order valence-corrected chi connectivity index (χ2v) is 6.42. The number of carbonyl (C=O) groups excluding carboxylic acids is 2. The SMILES string of the molecule is C=C1CN(C(=O)OC(C)(C)C)CC(C)N1/C(=C\CC)C(=O)F. The Morgan fingerprint density at radius 1 is 1.45 bits per heavy atom. The quantitative estimate of drug-likeness (QED) is 0.593. The van der Waals surface area contributed by atoms with Gasteiger partial charge >= 0.3 is 12.1 Å². The van der Waals surface area contributed by atoms with E-state index in [2.05, 4.69) is 6.58 Å². The Kier molecular flexibility index (Phi) is 5.74. The molecule has 1 saturated heterocycles. The summed E-state index contributed by atoms with van der Waals surface area (Å²) in [5.41, 5.74) is -0.0971. The second kappa shape index (κ2) is 6.94. The van der Waals surface area contributed by atoms with Crippen LogP contribution in [0.1, 0.15) is 41.0 Å². The lowest BCUT2D eigenvalue weighted by Crippen LogP contribution is -2.53. The van der Waals surface area contributed by atoms with Gasteiger partial charge in [0, 0.05) is 18.3 Å². The Bertz CT molecular complexity index is 494. The van der Waals surface area contributed by atoms with E-state index in [9.17, 15) is 14.0 Å². The standard InChI is InChI=1S/C16H25FN2O3/c1-7-8-13(14(17)20)19-11(2)9-18(10-12(19)3)15(21)22-16(4,5)6/h8,12H,2,7,9-10H2,1,3-6H3/b13-8-. The van der Waals surface area contributed by atoms with Gasteiger partial charge < -0.3 is 14.5 Å². The van der Waals surface area contributed by atoms with E-state index < -0.39 is 17.7 Å². The van der Waals surface area contributed by atoms with Gasteiger partial charge in [-0.25, -0.2) is 4.79 Å². The second-order valence-electron chi connectivity index (χ2n) is 6.42. The smallest absolute Gasteiger partial charge is 0.410 e. The van der Waals surface area contributed by atoms with Gasteiger partial charge in [0.2, 0.25) is 0 Å². The molecular formula is C16H25FN2O3. The number of halogens is 1. The molecule has 0 spiro atoms. The molecule has 1 unspecified atom stereocenters. The monoisotopic (exact) mass is 312 g/mol. The number of allylic oxidation sites excluding steroid dienone is 2. The zero-order valence-corrected chi connectivity index (χ0v) is 14.0. The van der Waals surface area contributed by atoms with Crippen LogP contribution in [0.4, 0.5) is 9.18 Å². The van der Waals surface area contributed by atoms with Crippen LogP contribution in [0.2, 0.25) is 0 Å². The predicted molar refractivity (Wildman–Crippen MR) is 82.7 cm³/mol. The summed E-state index contributed by atoms with van der Waals surface area (Å²) in [4.78, 5) is 26.4. The zero-order valence-electron chi connectivity index (χ0n) is 14.0. The maximum atomic E-state index is 13.3. The molecule has 1 fully saturated rings. The minimum Gasteiger partial charge on any atom is -0.444 e.